The second kappa shape index (κ2) is 6.90. The summed E-state index contributed by atoms with van der Waals surface area (Å²) in [4.78, 5) is 12.8. The smallest absolute Gasteiger partial charge is 0.246 e. The fourth-order valence-electron chi connectivity index (χ4n) is 3.91. The number of nitrogens with zero attached hydrogens (tertiary/aromatic N) is 1. The maximum Gasteiger partial charge on any atom is 0.246 e. The van der Waals surface area contributed by atoms with Gasteiger partial charge < -0.3 is 9.47 Å². The topological polar surface area (TPSA) is 72.9 Å². The van der Waals surface area contributed by atoms with Crippen LogP contribution in [-0.4, -0.2) is 43.8 Å². The zero-order chi connectivity index (χ0) is 19.9. The van der Waals surface area contributed by atoms with Crippen LogP contribution in [0, 0.1) is 6.92 Å². The van der Waals surface area contributed by atoms with Crippen molar-refractivity contribution in [2.24, 2.45) is 0 Å². The molecule has 0 amide bonds. The van der Waals surface area contributed by atoms with Gasteiger partial charge in [0.2, 0.25) is 10.0 Å². The molecule has 1 saturated heterocycles. The van der Waals surface area contributed by atoms with E-state index in [0.29, 0.717) is 36.6 Å². The average molecular weight is 401 g/mol. The zero-order valence-corrected chi connectivity index (χ0v) is 16.8. The summed E-state index contributed by atoms with van der Waals surface area (Å²) in [5, 5.41) is 0. The molecule has 2 aliphatic rings. The van der Waals surface area contributed by atoms with E-state index in [1.54, 1.807) is 30.3 Å². The number of rotatable bonds is 4. The molecule has 2 aromatic carbocycles. The molecule has 2 heterocycles. The van der Waals surface area contributed by atoms with Crippen LogP contribution in [0.25, 0.3) is 0 Å². The first-order valence-corrected chi connectivity index (χ1v) is 10.8. The van der Waals surface area contributed by atoms with Crippen LogP contribution in [0.15, 0.2) is 47.4 Å². The first kappa shape index (κ1) is 19.0. The number of ether oxygens (including phenoxy) is 2. The van der Waals surface area contributed by atoms with Gasteiger partial charge in [0.15, 0.2) is 5.78 Å². The summed E-state index contributed by atoms with van der Waals surface area (Å²) in [6.07, 6.45) is 0.657. The van der Waals surface area contributed by atoms with Gasteiger partial charge in [-0.3, -0.25) is 4.79 Å². The van der Waals surface area contributed by atoms with Crippen molar-refractivity contribution >= 4 is 15.8 Å². The lowest BCUT2D eigenvalue weighted by Gasteiger charge is -2.34. The summed E-state index contributed by atoms with van der Waals surface area (Å²) >= 11 is 0. The van der Waals surface area contributed by atoms with Crippen LogP contribution in [0.2, 0.25) is 0 Å². The third-order valence-corrected chi connectivity index (χ3v) is 7.16. The molecule has 7 heteroatoms. The fourth-order valence-corrected chi connectivity index (χ4v) is 5.65. The Morgan fingerprint density at radius 1 is 1.21 bits per heavy atom. The molecule has 28 heavy (non-hydrogen) atoms. The van der Waals surface area contributed by atoms with Gasteiger partial charge in [0, 0.05) is 13.0 Å². The Labute approximate surface area is 165 Å². The van der Waals surface area contributed by atoms with Crippen molar-refractivity contribution in [2.45, 2.75) is 37.2 Å². The van der Waals surface area contributed by atoms with Gasteiger partial charge in [0.25, 0.3) is 0 Å². The second-order valence-corrected chi connectivity index (χ2v) is 9.26. The monoisotopic (exact) mass is 401 g/mol. The molecule has 1 unspecified atom stereocenters. The largest absolute Gasteiger partial charge is 0.492 e. The highest BCUT2D eigenvalue weighted by Crippen LogP contribution is 2.41. The zero-order valence-electron chi connectivity index (χ0n) is 16.0. The van der Waals surface area contributed by atoms with Gasteiger partial charge in [0.05, 0.1) is 25.1 Å². The van der Waals surface area contributed by atoms with E-state index in [9.17, 15) is 13.2 Å². The number of aryl methyl sites for hydroxylation is 1. The maximum atomic E-state index is 13.3. The van der Waals surface area contributed by atoms with Crippen molar-refractivity contribution in [1.82, 2.24) is 4.31 Å². The summed E-state index contributed by atoms with van der Waals surface area (Å²) in [5.41, 5.74) is 0.592. The molecule has 0 bridgehead atoms. The van der Waals surface area contributed by atoms with Crippen molar-refractivity contribution in [3.05, 3.63) is 53.6 Å². The third kappa shape index (κ3) is 3.18. The second-order valence-electron chi connectivity index (χ2n) is 7.35. The van der Waals surface area contributed by atoms with Gasteiger partial charge in [-0.1, -0.05) is 18.2 Å². The summed E-state index contributed by atoms with van der Waals surface area (Å²) in [7, 11) is -3.77. The molecule has 0 N–H and O–H groups in total. The van der Waals surface area contributed by atoms with Crippen molar-refractivity contribution < 1.29 is 22.7 Å². The minimum Gasteiger partial charge on any atom is -0.492 e. The highest BCUT2D eigenvalue weighted by molar-refractivity contribution is 7.89. The number of carbonyl (C=O) groups is 1. The Hall–Kier alpha value is -2.38. The normalized spacial score (nSPS) is 22.1. The first-order valence-electron chi connectivity index (χ1n) is 9.39. The van der Waals surface area contributed by atoms with E-state index < -0.39 is 15.6 Å². The number of para-hydroxylation sites is 1. The molecular formula is C21H23NO5S. The standard InChI is InChI=1S/C21H23NO5S/c1-3-26-19-9-8-15(2)12-20(19)28(24,25)22-11-10-21(14-22)13-17(23)16-6-4-5-7-18(16)27-21/h4-9,12H,3,10-11,13-14H2,1-2H3. The Kier molecular flexibility index (Phi) is 4.67. The number of sulfonamides is 1. The van der Waals surface area contributed by atoms with Crippen LogP contribution in [0.5, 0.6) is 11.5 Å². The van der Waals surface area contributed by atoms with Crippen molar-refractivity contribution in [2.75, 3.05) is 19.7 Å². The third-order valence-electron chi connectivity index (χ3n) is 5.29. The van der Waals surface area contributed by atoms with E-state index in [1.165, 1.54) is 4.31 Å². The van der Waals surface area contributed by atoms with E-state index in [4.69, 9.17) is 9.47 Å². The molecule has 0 aliphatic carbocycles. The van der Waals surface area contributed by atoms with E-state index >= 15 is 0 Å². The molecule has 6 nitrogen and oxygen atoms in total. The predicted octanol–water partition coefficient (Wildman–Crippen LogP) is 3.19. The van der Waals surface area contributed by atoms with Crippen LogP contribution in [0.1, 0.15) is 35.7 Å². The lowest BCUT2D eigenvalue weighted by molar-refractivity contribution is 0.0498. The number of Topliss-reactive ketones (excluding diaryl/α,β-unsaturated/α-hetero) is 1. The van der Waals surface area contributed by atoms with Crippen molar-refractivity contribution in [3.63, 3.8) is 0 Å². The van der Waals surface area contributed by atoms with Crippen molar-refractivity contribution in [3.8, 4) is 11.5 Å². The van der Waals surface area contributed by atoms with Gasteiger partial charge in [0.1, 0.15) is 22.0 Å². The van der Waals surface area contributed by atoms with E-state index in [0.717, 1.165) is 5.56 Å². The van der Waals surface area contributed by atoms with E-state index in [2.05, 4.69) is 0 Å². The molecule has 0 saturated carbocycles. The SMILES string of the molecule is CCOc1ccc(C)cc1S(=O)(=O)N1CCC2(CC(=O)c3ccccc3O2)C1. The average Bonchev–Trinajstić information content (AvgIpc) is 3.07. The van der Waals surface area contributed by atoms with Gasteiger partial charge >= 0.3 is 0 Å². The number of carbonyl (C=O) groups excluding carboxylic acids is 1. The minimum atomic E-state index is -3.77. The van der Waals surface area contributed by atoms with Crippen molar-refractivity contribution in [1.29, 1.82) is 0 Å². The van der Waals surface area contributed by atoms with Crippen LogP contribution in [0.4, 0.5) is 0 Å². The fraction of sp³-hybridized carbons (Fsp3) is 0.381. The molecule has 0 radical (unpaired) electrons. The van der Waals surface area contributed by atoms with Gasteiger partial charge in [-0.05, 0) is 43.7 Å². The molecule has 1 fully saturated rings. The highest BCUT2D eigenvalue weighted by Gasteiger charge is 2.49. The molecule has 1 atom stereocenters. The molecule has 148 valence electrons. The number of benzene rings is 2. The number of fused-ring (bicyclic) bond motifs is 1. The summed E-state index contributed by atoms with van der Waals surface area (Å²) < 4.78 is 39.8. The number of ketones is 1. The molecule has 1 spiro atoms. The van der Waals surface area contributed by atoms with Crippen LogP contribution in [-0.2, 0) is 10.0 Å². The Morgan fingerprint density at radius 3 is 2.79 bits per heavy atom. The predicted molar refractivity (Wildman–Crippen MR) is 104 cm³/mol. The molecular weight excluding hydrogens is 378 g/mol. The summed E-state index contributed by atoms with van der Waals surface area (Å²) in [6, 6.07) is 12.3. The summed E-state index contributed by atoms with van der Waals surface area (Å²) in [5.74, 6) is 0.871. The van der Waals surface area contributed by atoms with E-state index in [1.807, 2.05) is 26.0 Å². The van der Waals surface area contributed by atoms with Gasteiger partial charge in [-0.25, -0.2) is 8.42 Å². The van der Waals surface area contributed by atoms with Crippen LogP contribution >= 0.6 is 0 Å². The Bertz CT molecular complexity index is 1030. The highest BCUT2D eigenvalue weighted by atomic mass is 32.2. The quantitative estimate of drug-likeness (QED) is 0.787. The lowest BCUT2D eigenvalue weighted by Crippen LogP contribution is -2.45. The number of hydrogen-bond acceptors (Lipinski definition) is 5. The Balaban J connectivity index is 1.65. The molecule has 2 aromatic rings. The van der Waals surface area contributed by atoms with Gasteiger partial charge in [-0.15, -0.1) is 0 Å². The van der Waals surface area contributed by atoms with Crippen LogP contribution < -0.4 is 9.47 Å². The molecule has 0 aromatic heterocycles. The minimum absolute atomic E-state index is 0.00772. The lowest BCUT2D eigenvalue weighted by atomic mass is 9.89. The molecule has 4 rings (SSSR count). The molecule has 2 aliphatic heterocycles. The maximum absolute atomic E-state index is 13.3. The first-order chi connectivity index (χ1) is 13.3. The number of hydrogen-bond donors (Lipinski definition) is 0. The Morgan fingerprint density at radius 2 is 2.00 bits per heavy atom. The summed E-state index contributed by atoms with van der Waals surface area (Å²) in [6.45, 7) is 4.50. The van der Waals surface area contributed by atoms with E-state index in [-0.39, 0.29) is 23.6 Å². The van der Waals surface area contributed by atoms with Crippen LogP contribution in [0.3, 0.4) is 0 Å². The van der Waals surface area contributed by atoms with Gasteiger partial charge in [-0.2, -0.15) is 4.31 Å².